The summed E-state index contributed by atoms with van der Waals surface area (Å²) in [5.74, 6) is 1.72. The fraction of sp³-hybridized carbons (Fsp3) is 0.231. The minimum Gasteiger partial charge on any atom is -0.464 e. The van der Waals surface area contributed by atoms with Gasteiger partial charge in [0, 0.05) is 0 Å². The van der Waals surface area contributed by atoms with Crippen molar-refractivity contribution in [2.24, 2.45) is 5.73 Å². The third-order valence-corrected chi connectivity index (χ3v) is 2.59. The van der Waals surface area contributed by atoms with Crippen LogP contribution < -0.4 is 5.73 Å². The Morgan fingerprint density at radius 2 is 1.80 bits per heavy atom. The van der Waals surface area contributed by atoms with Crippen LogP contribution in [0.25, 0.3) is 0 Å². The second kappa shape index (κ2) is 3.91. The molecule has 1 atom stereocenters. The van der Waals surface area contributed by atoms with E-state index in [0.29, 0.717) is 0 Å². The molecule has 1 heterocycles. The third kappa shape index (κ3) is 1.95. The zero-order valence-electron chi connectivity index (χ0n) is 9.03. The summed E-state index contributed by atoms with van der Waals surface area (Å²) in [6.45, 7) is 3.99. The zero-order valence-corrected chi connectivity index (χ0v) is 9.03. The summed E-state index contributed by atoms with van der Waals surface area (Å²) < 4.78 is 5.53. The molecule has 2 heteroatoms. The number of hydrogen-bond donors (Lipinski definition) is 1. The summed E-state index contributed by atoms with van der Waals surface area (Å²) in [6, 6.07) is 11.8. The van der Waals surface area contributed by atoms with Crippen molar-refractivity contribution < 1.29 is 4.42 Å². The molecule has 2 nitrogen and oxygen atoms in total. The fourth-order valence-electron chi connectivity index (χ4n) is 1.71. The Labute approximate surface area is 89.7 Å². The molecule has 0 aliphatic carbocycles. The van der Waals surface area contributed by atoms with Crippen LogP contribution in [0.2, 0.25) is 0 Å². The third-order valence-electron chi connectivity index (χ3n) is 2.59. The molecule has 0 aliphatic heterocycles. The molecule has 2 aromatic rings. The van der Waals surface area contributed by atoms with E-state index in [1.165, 1.54) is 5.56 Å². The number of nitrogens with two attached hydrogens (primary N) is 1. The summed E-state index contributed by atoms with van der Waals surface area (Å²) in [7, 11) is 0. The molecular weight excluding hydrogens is 186 g/mol. The van der Waals surface area contributed by atoms with Gasteiger partial charge in [-0.25, -0.2) is 0 Å². The van der Waals surface area contributed by atoms with Crippen molar-refractivity contribution in [2.75, 3.05) is 0 Å². The normalized spacial score (nSPS) is 12.7. The van der Waals surface area contributed by atoms with Gasteiger partial charge in [0.1, 0.15) is 11.5 Å². The smallest absolute Gasteiger partial charge is 0.125 e. The molecule has 78 valence electrons. The Morgan fingerprint density at radius 1 is 1.07 bits per heavy atom. The van der Waals surface area contributed by atoms with E-state index in [0.717, 1.165) is 17.1 Å². The summed E-state index contributed by atoms with van der Waals surface area (Å²) in [5.41, 5.74) is 8.45. The maximum atomic E-state index is 6.14. The molecule has 1 aromatic heterocycles. The van der Waals surface area contributed by atoms with Gasteiger partial charge >= 0.3 is 0 Å². The van der Waals surface area contributed by atoms with Gasteiger partial charge in [0.05, 0.1) is 6.04 Å². The van der Waals surface area contributed by atoms with Crippen molar-refractivity contribution in [3.05, 3.63) is 59.0 Å². The molecule has 15 heavy (non-hydrogen) atoms. The molecule has 0 saturated heterocycles. The van der Waals surface area contributed by atoms with E-state index in [9.17, 15) is 0 Å². The molecule has 2 N–H and O–H groups in total. The van der Waals surface area contributed by atoms with E-state index in [1.807, 2.05) is 37.3 Å². The molecule has 1 unspecified atom stereocenters. The first kappa shape index (κ1) is 9.99. The highest BCUT2D eigenvalue weighted by Gasteiger charge is 2.13. The predicted molar refractivity (Wildman–Crippen MR) is 60.7 cm³/mol. The molecule has 2 rings (SSSR count). The van der Waals surface area contributed by atoms with Crippen LogP contribution in [0.5, 0.6) is 0 Å². The Morgan fingerprint density at radius 3 is 2.40 bits per heavy atom. The van der Waals surface area contributed by atoms with Gasteiger partial charge in [-0.05, 0) is 37.1 Å². The quantitative estimate of drug-likeness (QED) is 0.811. The van der Waals surface area contributed by atoms with Crippen molar-refractivity contribution in [2.45, 2.75) is 19.9 Å². The molecule has 0 radical (unpaired) electrons. The lowest BCUT2D eigenvalue weighted by Crippen LogP contribution is -2.12. The first-order valence-corrected chi connectivity index (χ1v) is 5.06. The highest BCUT2D eigenvalue weighted by Crippen LogP contribution is 2.23. The average molecular weight is 201 g/mol. The van der Waals surface area contributed by atoms with E-state index >= 15 is 0 Å². The van der Waals surface area contributed by atoms with Crippen LogP contribution in [-0.2, 0) is 0 Å². The lowest BCUT2D eigenvalue weighted by atomic mass is 10.0. The highest BCUT2D eigenvalue weighted by atomic mass is 16.3. The largest absolute Gasteiger partial charge is 0.464 e. The molecule has 0 amide bonds. The SMILES string of the molecule is Cc1ccc(C(N)c2ccccc2C)o1. The monoisotopic (exact) mass is 201 g/mol. The van der Waals surface area contributed by atoms with Gasteiger partial charge < -0.3 is 10.2 Å². The van der Waals surface area contributed by atoms with Crippen molar-refractivity contribution in [3.63, 3.8) is 0 Å². The summed E-state index contributed by atoms with van der Waals surface area (Å²) in [4.78, 5) is 0. The number of rotatable bonds is 2. The Bertz CT molecular complexity index is 459. The molecule has 0 fully saturated rings. The number of hydrogen-bond acceptors (Lipinski definition) is 2. The van der Waals surface area contributed by atoms with Crippen molar-refractivity contribution in [1.82, 2.24) is 0 Å². The summed E-state index contributed by atoms with van der Waals surface area (Å²) in [6.07, 6.45) is 0. The van der Waals surface area contributed by atoms with E-state index in [2.05, 4.69) is 13.0 Å². The van der Waals surface area contributed by atoms with Crippen molar-refractivity contribution >= 4 is 0 Å². The van der Waals surface area contributed by atoms with Gasteiger partial charge in [0.2, 0.25) is 0 Å². The second-order valence-electron chi connectivity index (χ2n) is 3.78. The van der Waals surface area contributed by atoms with Gasteiger partial charge in [-0.3, -0.25) is 0 Å². The average Bonchev–Trinajstić information content (AvgIpc) is 2.65. The van der Waals surface area contributed by atoms with Crippen LogP contribution in [0.4, 0.5) is 0 Å². The van der Waals surface area contributed by atoms with Crippen LogP contribution in [0.1, 0.15) is 28.7 Å². The van der Waals surface area contributed by atoms with Crippen LogP contribution in [0, 0.1) is 13.8 Å². The molecule has 0 aliphatic rings. The van der Waals surface area contributed by atoms with E-state index in [4.69, 9.17) is 10.2 Å². The van der Waals surface area contributed by atoms with Gasteiger partial charge in [-0.2, -0.15) is 0 Å². The molecule has 1 aromatic carbocycles. The standard InChI is InChI=1S/C13H15NO/c1-9-5-3-4-6-11(9)13(14)12-8-7-10(2)15-12/h3-8,13H,14H2,1-2H3. The Hall–Kier alpha value is -1.54. The highest BCUT2D eigenvalue weighted by molar-refractivity contribution is 5.33. The van der Waals surface area contributed by atoms with Crippen LogP contribution in [0.3, 0.4) is 0 Å². The first-order chi connectivity index (χ1) is 7.18. The molecule has 0 spiro atoms. The number of furan rings is 1. The maximum absolute atomic E-state index is 6.14. The Balaban J connectivity index is 2.36. The zero-order chi connectivity index (χ0) is 10.8. The molecule has 0 saturated carbocycles. The van der Waals surface area contributed by atoms with Crippen LogP contribution in [0.15, 0.2) is 40.8 Å². The van der Waals surface area contributed by atoms with Crippen molar-refractivity contribution in [1.29, 1.82) is 0 Å². The number of aryl methyl sites for hydroxylation is 2. The minimum absolute atomic E-state index is 0.167. The van der Waals surface area contributed by atoms with Gasteiger partial charge in [-0.1, -0.05) is 24.3 Å². The van der Waals surface area contributed by atoms with Gasteiger partial charge in [0.15, 0.2) is 0 Å². The van der Waals surface area contributed by atoms with E-state index in [-0.39, 0.29) is 6.04 Å². The molecule has 0 bridgehead atoms. The lowest BCUT2D eigenvalue weighted by molar-refractivity contribution is 0.466. The minimum atomic E-state index is -0.167. The summed E-state index contributed by atoms with van der Waals surface area (Å²) in [5, 5.41) is 0. The first-order valence-electron chi connectivity index (χ1n) is 5.06. The predicted octanol–water partition coefficient (Wildman–Crippen LogP) is 2.94. The molecular formula is C13H15NO. The Kier molecular flexibility index (Phi) is 2.60. The van der Waals surface area contributed by atoms with Crippen LogP contribution >= 0.6 is 0 Å². The van der Waals surface area contributed by atoms with Gasteiger partial charge in [0.25, 0.3) is 0 Å². The van der Waals surface area contributed by atoms with Crippen molar-refractivity contribution in [3.8, 4) is 0 Å². The van der Waals surface area contributed by atoms with E-state index in [1.54, 1.807) is 0 Å². The topological polar surface area (TPSA) is 39.2 Å². The van der Waals surface area contributed by atoms with Crippen LogP contribution in [-0.4, -0.2) is 0 Å². The maximum Gasteiger partial charge on any atom is 0.125 e. The fourth-order valence-corrected chi connectivity index (χ4v) is 1.71. The summed E-state index contributed by atoms with van der Waals surface area (Å²) >= 11 is 0. The number of benzene rings is 1. The van der Waals surface area contributed by atoms with Gasteiger partial charge in [-0.15, -0.1) is 0 Å². The second-order valence-corrected chi connectivity index (χ2v) is 3.78. The van der Waals surface area contributed by atoms with E-state index < -0.39 is 0 Å². The lowest BCUT2D eigenvalue weighted by Gasteiger charge is -2.11.